The van der Waals surface area contributed by atoms with Crippen LogP contribution in [-0.2, 0) is 4.79 Å². The van der Waals surface area contributed by atoms with Gasteiger partial charge in [0.15, 0.2) is 5.13 Å². The molecule has 0 radical (unpaired) electrons. The molecule has 1 aliphatic rings. The summed E-state index contributed by atoms with van der Waals surface area (Å²) in [5.41, 5.74) is 0. The largest absolute Gasteiger partial charge is 0.335 e. The van der Waals surface area contributed by atoms with Crippen molar-refractivity contribution in [2.75, 3.05) is 25.0 Å². The summed E-state index contributed by atoms with van der Waals surface area (Å²) < 4.78 is 0. The molecular weight excluding hydrogens is 276 g/mol. The minimum absolute atomic E-state index is 0.00824. The number of amides is 3. The van der Waals surface area contributed by atoms with Crippen LogP contribution >= 0.6 is 11.3 Å². The minimum atomic E-state index is -0.0938. The molecular formula is C13H18N4O2S. The number of carbonyl (C=O) groups excluding carboxylic acids is 2. The van der Waals surface area contributed by atoms with Gasteiger partial charge in [-0.25, -0.2) is 9.78 Å². The molecule has 1 aromatic rings. The molecule has 1 aromatic heterocycles. The number of likely N-dealkylation sites (tertiary alicyclic amines) is 1. The number of aromatic nitrogens is 1. The third kappa shape index (κ3) is 3.80. The molecule has 3 amide bonds. The van der Waals surface area contributed by atoms with E-state index >= 15 is 0 Å². The topological polar surface area (TPSA) is 74.3 Å². The van der Waals surface area contributed by atoms with Crippen molar-refractivity contribution in [3.05, 3.63) is 24.2 Å². The Balaban J connectivity index is 1.77. The first-order valence-corrected chi connectivity index (χ1v) is 7.42. The Kier molecular flexibility index (Phi) is 5.11. The predicted octanol–water partition coefficient (Wildman–Crippen LogP) is 1.69. The van der Waals surface area contributed by atoms with E-state index in [1.165, 1.54) is 11.3 Å². The van der Waals surface area contributed by atoms with E-state index in [9.17, 15) is 9.59 Å². The molecule has 1 saturated heterocycles. The van der Waals surface area contributed by atoms with Gasteiger partial charge in [0.05, 0.1) is 0 Å². The summed E-state index contributed by atoms with van der Waals surface area (Å²) in [4.78, 5) is 29.5. The summed E-state index contributed by atoms with van der Waals surface area (Å²) in [6, 6.07) is -0.0938. The fraction of sp³-hybridized carbons (Fsp3) is 0.462. The molecule has 1 aliphatic heterocycles. The van der Waals surface area contributed by atoms with Gasteiger partial charge in [0.25, 0.3) is 0 Å². The first kappa shape index (κ1) is 14.5. The Morgan fingerprint density at radius 2 is 2.25 bits per heavy atom. The molecule has 0 atom stereocenters. The van der Waals surface area contributed by atoms with Gasteiger partial charge in [-0.1, -0.05) is 6.08 Å². The van der Waals surface area contributed by atoms with Crippen molar-refractivity contribution in [3.8, 4) is 0 Å². The van der Waals surface area contributed by atoms with Crippen molar-refractivity contribution >= 4 is 28.4 Å². The Labute approximate surface area is 121 Å². The molecule has 0 saturated carbocycles. The third-order valence-electron chi connectivity index (χ3n) is 3.21. The molecule has 1 fully saturated rings. The third-order valence-corrected chi connectivity index (χ3v) is 3.90. The average Bonchev–Trinajstić information content (AvgIpc) is 2.97. The highest BCUT2D eigenvalue weighted by Crippen LogP contribution is 2.20. The van der Waals surface area contributed by atoms with Gasteiger partial charge in [0.2, 0.25) is 5.91 Å². The highest BCUT2D eigenvalue weighted by Gasteiger charge is 2.27. The zero-order valence-electron chi connectivity index (χ0n) is 11.2. The maximum Gasteiger partial charge on any atom is 0.317 e. The zero-order chi connectivity index (χ0) is 14.4. The second kappa shape index (κ2) is 7.04. The van der Waals surface area contributed by atoms with Crippen LogP contribution in [0, 0.1) is 5.92 Å². The van der Waals surface area contributed by atoms with Crippen molar-refractivity contribution in [2.45, 2.75) is 12.8 Å². The van der Waals surface area contributed by atoms with Crippen LogP contribution in [0.4, 0.5) is 9.93 Å². The van der Waals surface area contributed by atoms with E-state index in [0.717, 1.165) is 0 Å². The van der Waals surface area contributed by atoms with E-state index in [1.54, 1.807) is 17.2 Å². The minimum Gasteiger partial charge on any atom is -0.335 e. The van der Waals surface area contributed by atoms with Crippen molar-refractivity contribution < 1.29 is 9.59 Å². The van der Waals surface area contributed by atoms with Crippen LogP contribution in [0.3, 0.4) is 0 Å². The summed E-state index contributed by atoms with van der Waals surface area (Å²) in [5, 5.41) is 8.00. The Morgan fingerprint density at radius 3 is 2.85 bits per heavy atom. The van der Waals surface area contributed by atoms with E-state index in [4.69, 9.17) is 0 Å². The van der Waals surface area contributed by atoms with E-state index in [0.29, 0.717) is 37.6 Å². The number of anilines is 1. The lowest BCUT2D eigenvalue weighted by Crippen LogP contribution is -2.46. The van der Waals surface area contributed by atoms with Gasteiger partial charge in [-0.15, -0.1) is 17.9 Å². The first-order valence-electron chi connectivity index (χ1n) is 6.54. The van der Waals surface area contributed by atoms with Gasteiger partial charge in [0, 0.05) is 37.1 Å². The number of carbonyl (C=O) groups is 2. The fourth-order valence-electron chi connectivity index (χ4n) is 2.11. The van der Waals surface area contributed by atoms with Crippen molar-refractivity contribution in [1.29, 1.82) is 0 Å². The maximum absolute atomic E-state index is 12.0. The molecule has 0 aliphatic carbocycles. The molecule has 7 heteroatoms. The standard InChI is InChI=1S/C13H18N4O2S/c1-2-5-15-13(19)17-7-3-10(4-8-17)11(18)16-12-14-6-9-20-12/h2,6,9-10H,1,3-5,7-8H2,(H,15,19)(H,14,16,18). The van der Waals surface area contributed by atoms with Crippen molar-refractivity contribution in [1.82, 2.24) is 15.2 Å². The van der Waals surface area contributed by atoms with Gasteiger partial charge >= 0.3 is 6.03 Å². The number of hydrogen-bond acceptors (Lipinski definition) is 4. The molecule has 0 unspecified atom stereocenters. The zero-order valence-corrected chi connectivity index (χ0v) is 12.0. The van der Waals surface area contributed by atoms with Gasteiger partial charge in [-0.05, 0) is 12.8 Å². The smallest absolute Gasteiger partial charge is 0.317 e. The number of rotatable bonds is 4. The summed E-state index contributed by atoms with van der Waals surface area (Å²) >= 11 is 1.40. The first-order chi connectivity index (χ1) is 9.70. The number of hydrogen-bond donors (Lipinski definition) is 2. The molecule has 0 aromatic carbocycles. The monoisotopic (exact) mass is 294 g/mol. The van der Waals surface area contributed by atoms with E-state index in [1.807, 2.05) is 5.38 Å². The summed E-state index contributed by atoms with van der Waals surface area (Å²) in [6.07, 6.45) is 4.66. The van der Waals surface area contributed by atoms with E-state index in [-0.39, 0.29) is 17.9 Å². The fourth-order valence-corrected chi connectivity index (χ4v) is 2.64. The Hall–Kier alpha value is -1.89. The van der Waals surface area contributed by atoms with Crippen LogP contribution in [0.15, 0.2) is 24.2 Å². The van der Waals surface area contributed by atoms with E-state index in [2.05, 4.69) is 22.2 Å². The normalized spacial score (nSPS) is 15.7. The SMILES string of the molecule is C=CCNC(=O)N1CCC(C(=O)Nc2nccs2)CC1. The van der Waals surface area contributed by atoms with Crippen LogP contribution in [0.25, 0.3) is 0 Å². The number of nitrogens with one attached hydrogen (secondary N) is 2. The molecule has 0 bridgehead atoms. The molecule has 6 nitrogen and oxygen atoms in total. The Morgan fingerprint density at radius 1 is 1.50 bits per heavy atom. The number of urea groups is 1. The summed E-state index contributed by atoms with van der Waals surface area (Å²) in [7, 11) is 0. The van der Waals surface area contributed by atoms with Crippen LogP contribution in [0.5, 0.6) is 0 Å². The molecule has 108 valence electrons. The summed E-state index contributed by atoms with van der Waals surface area (Å²) in [6.45, 7) is 5.21. The average molecular weight is 294 g/mol. The summed E-state index contributed by atoms with van der Waals surface area (Å²) in [5.74, 6) is -0.0616. The number of piperidine rings is 1. The second-order valence-electron chi connectivity index (χ2n) is 4.56. The molecule has 20 heavy (non-hydrogen) atoms. The van der Waals surface area contributed by atoms with Crippen LogP contribution in [0.1, 0.15) is 12.8 Å². The quantitative estimate of drug-likeness (QED) is 0.830. The van der Waals surface area contributed by atoms with Crippen molar-refractivity contribution in [3.63, 3.8) is 0 Å². The Bertz CT molecular complexity index is 467. The van der Waals surface area contributed by atoms with Crippen LogP contribution < -0.4 is 10.6 Å². The molecule has 2 heterocycles. The van der Waals surface area contributed by atoms with Gasteiger partial charge in [-0.2, -0.15) is 0 Å². The second-order valence-corrected chi connectivity index (χ2v) is 5.46. The lowest BCUT2D eigenvalue weighted by atomic mass is 9.96. The lowest BCUT2D eigenvalue weighted by molar-refractivity contribution is -0.121. The molecule has 2 rings (SSSR count). The van der Waals surface area contributed by atoms with E-state index < -0.39 is 0 Å². The molecule has 2 N–H and O–H groups in total. The number of thiazole rings is 1. The van der Waals surface area contributed by atoms with Gasteiger partial charge in [0.1, 0.15) is 0 Å². The predicted molar refractivity (Wildman–Crippen MR) is 78.6 cm³/mol. The van der Waals surface area contributed by atoms with Crippen LogP contribution in [0.2, 0.25) is 0 Å². The maximum atomic E-state index is 12.0. The lowest BCUT2D eigenvalue weighted by Gasteiger charge is -2.31. The molecule has 0 spiro atoms. The van der Waals surface area contributed by atoms with Crippen LogP contribution in [-0.4, -0.2) is 41.5 Å². The highest BCUT2D eigenvalue weighted by atomic mass is 32.1. The van der Waals surface area contributed by atoms with Gasteiger partial charge < -0.3 is 15.5 Å². The highest BCUT2D eigenvalue weighted by molar-refractivity contribution is 7.13. The van der Waals surface area contributed by atoms with Crippen molar-refractivity contribution in [2.24, 2.45) is 5.92 Å². The van der Waals surface area contributed by atoms with Gasteiger partial charge in [-0.3, -0.25) is 4.79 Å². The number of nitrogens with zero attached hydrogens (tertiary/aromatic N) is 2.